The zero-order valence-electron chi connectivity index (χ0n) is 18.9. The first-order valence-electron chi connectivity index (χ1n) is 10.7. The number of nitrogens with zero attached hydrogens (tertiary/aromatic N) is 1. The third-order valence-electron chi connectivity index (χ3n) is 5.21. The summed E-state index contributed by atoms with van der Waals surface area (Å²) in [7, 11) is -4.36. The van der Waals surface area contributed by atoms with Crippen LogP contribution in [0.2, 0.25) is 0 Å². The minimum atomic E-state index is -4.36. The molecule has 1 aliphatic carbocycles. The van der Waals surface area contributed by atoms with Gasteiger partial charge in [0.1, 0.15) is 18.5 Å². The van der Waals surface area contributed by atoms with Crippen molar-refractivity contribution in [2.24, 2.45) is 11.8 Å². The molecule has 0 amide bonds. The third kappa shape index (κ3) is 5.88. The molecule has 0 spiro atoms. The Morgan fingerprint density at radius 3 is 2.59 bits per heavy atom. The standard InChI is InChI=1S/C24H31NO6S/c1-17(2)14-25(32(28,29)23(27)30-16-18-8-6-5-7-9-18)15-19-12-20-10-11-24(3,4)31-22(20)21(26)13-19/h5-13,17,20,22,26H,14-16H2,1-4H3. The molecule has 1 aromatic carbocycles. The summed E-state index contributed by atoms with van der Waals surface area (Å²) in [5.41, 5.74) is 0.799. The van der Waals surface area contributed by atoms with Gasteiger partial charge in [0, 0.05) is 19.0 Å². The summed E-state index contributed by atoms with van der Waals surface area (Å²) in [5.74, 6) is -0.185. The van der Waals surface area contributed by atoms with Crippen molar-refractivity contribution in [3.63, 3.8) is 0 Å². The smallest absolute Gasteiger partial charge is 0.440 e. The Bertz CT molecular complexity index is 1020. The minimum Gasteiger partial charge on any atom is -0.509 e. The molecule has 3 rings (SSSR count). The lowest BCUT2D eigenvalue weighted by atomic mass is 9.87. The molecule has 1 aliphatic heterocycles. The lowest BCUT2D eigenvalue weighted by Crippen LogP contribution is -2.42. The average Bonchev–Trinajstić information content (AvgIpc) is 2.72. The van der Waals surface area contributed by atoms with Crippen LogP contribution in [-0.4, -0.2) is 47.9 Å². The molecule has 1 aromatic rings. The van der Waals surface area contributed by atoms with Crippen LogP contribution in [0.5, 0.6) is 0 Å². The second-order valence-electron chi connectivity index (χ2n) is 9.10. The number of fused-ring (bicyclic) bond motifs is 1. The number of sulfonamides is 1. The van der Waals surface area contributed by atoms with Gasteiger partial charge in [-0.3, -0.25) is 0 Å². The van der Waals surface area contributed by atoms with Gasteiger partial charge in [-0.05, 0) is 37.0 Å². The minimum absolute atomic E-state index is 0.0140. The second kappa shape index (κ2) is 9.60. The van der Waals surface area contributed by atoms with Gasteiger partial charge in [0.25, 0.3) is 0 Å². The van der Waals surface area contributed by atoms with Gasteiger partial charge in [-0.2, -0.15) is 12.7 Å². The van der Waals surface area contributed by atoms with Gasteiger partial charge >= 0.3 is 15.3 Å². The van der Waals surface area contributed by atoms with Gasteiger partial charge in [0.05, 0.1) is 5.60 Å². The Morgan fingerprint density at radius 2 is 1.94 bits per heavy atom. The number of carbonyl (C=O) groups is 1. The molecule has 0 aromatic heterocycles. The molecule has 0 radical (unpaired) electrons. The van der Waals surface area contributed by atoms with Crippen molar-refractivity contribution in [3.05, 3.63) is 71.5 Å². The lowest BCUT2D eigenvalue weighted by Gasteiger charge is -2.37. The topological polar surface area (TPSA) is 93.1 Å². The molecule has 32 heavy (non-hydrogen) atoms. The number of rotatable bonds is 7. The SMILES string of the molecule is CC(C)CN(CC1=CC2C=CC(C)(C)OC2C(O)=C1)S(=O)(=O)C(=O)OCc1ccccc1. The van der Waals surface area contributed by atoms with Crippen LogP contribution in [0.25, 0.3) is 0 Å². The largest absolute Gasteiger partial charge is 0.509 e. The normalized spacial score (nSPS) is 22.3. The van der Waals surface area contributed by atoms with E-state index in [1.165, 1.54) is 6.08 Å². The van der Waals surface area contributed by atoms with E-state index in [-0.39, 0.29) is 37.3 Å². The van der Waals surface area contributed by atoms with E-state index in [2.05, 4.69) is 0 Å². The van der Waals surface area contributed by atoms with Crippen LogP contribution in [0.4, 0.5) is 4.79 Å². The maximum Gasteiger partial charge on any atom is 0.440 e. The third-order valence-corrected chi connectivity index (χ3v) is 6.71. The first-order valence-corrected chi connectivity index (χ1v) is 12.1. The fourth-order valence-electron chi connectivity index (χ4n) is 3.71. The number of aliphatic hydroxyl groups is 1. The summed E-state index contributed by atoms with van der Waals surface area (Å²) in [4.78, 5) is 12.5. The number of hydrogen-bond donors (Lipinski definition) is 1. The Hall–Kier alpha value is -2.42. The van der Waals surface area contributed by atoms with Crippen LogP contribution < -0.4 is 0 Å². The summed E-state index contributed by atoms with van der Waals surface area (Å²) in [6.45, 7) is 7.52. The molecular weight excluding hydrogens is 430 g/mol. The van der Waals surface area contributed by atoms with E-state index in [1.54, 1.807) is 24.3 Å². The lowest BCUT2D eigenvalue weighted by molar-refractivity contribution is -0.0616. The first-order chi connectivity index (χ1) is 15.0. The van der Waals surface area contributed by atoms with Crippen molar-refractivity contribution in [2.45, 2.75) is 46.0 Å². The molecule has 2 unspecified atom stereocenters. The van der Waals surface area contributed by atoms with Crippen LogP contribution >= 0.6 is 0 Å². The van der Waals surface area contributed by atoms with Crippen LogP contribution in [-0.2, 0) is 26.1 Å². The van der Waals surface area contributed by atoms with E-state index in [0.29, 0.717) is 11.1 Å². The molecule has 7 nitrogen and oxygen atoms in total. The van der Waals surface area contributed by atoms with Crippen molar-refractivity contribution < 1.29 is 27.8 Å². The Balaban J connectivity index is 1.77. The van der Waals surface area contributed by atoms with E-state index in [4.69, 9.17) is 9.47 Å². The maximum atomic E-state index is 13.0. The second-order valence-corrected chi connectivity index (χ2v) is 10.9. The molecule has 1 N–H and O–H groups in total. The summed E-state index contributed by atoms with van der Waals surface area (Å²) in [6, 6.07) is 8.91. The number of ether oxygens (including phenoxy) is 2. The van der Waals surface area contributed by atoms with Crippen molar-refractivity contribution >= 4 is 15.3 Å². The molecule has 2 aliphatic rings. The molecule has 0 saturated heterocycles. The molecular formula is C24H31NO6S. The molecule has 0 bridgehead atoms. The zero-order chi connectivity index (χ0) is 23.5. The molecule has 174 valence electrons. The van der Waals surface area contributed by atoms with E-state index < -0.39 is 27.0 Å². The van der Waals surface area contributed by atoms with Crippen molar-refractivity contribution in [1.82, 2.24) is 4.31 Å². The molecule has 2 atom stereocenters. The van der Waals surface area contributed by atoms with Crippen molar-refractivity contribution in [3.8, 4) is 0 Å². The molecule has 8 heteroatoms. The number of hydrogen-bond acceptors (Lipinski definition) is 6. The van der Waals surface area contributed by atoms with Crippen molar-refractivity contribution in [1.29, 1.82) is 0 Å². The summed E-state index contributed by atoms with van der Waals surface area (Å²) >= 11 is 0. The van der Waals surface area contributed by atoms with Gasteiger partial charge < -0.3 is 14.6 Å². The predicted octanol–water partition coefficient (Wildman–Crippen LogP) is 4.34. The molecule has 1 heterocycles. The van der Waals surface area contributed by atoms with Crippen LogP contribution in [0.1, 0.15) is 33.3 Å². The fraction of sp³-hybridized carbons (Fsp3) is 0.458. The quantitative estimate of drug-likeness (QED) is 0.480. The Morgan fingerprint density at radius 1 is 1.25 bits per heavy atom. The summed E-state index contributed by atoms with van der Waals surface area (Å²) < 4.78 is 38.2. The van der Waals surface area contributed by atoms with Gasteiger partial charge in [-0.25, -0.2) is 4.79 Å². The van der Waals surface area contributed by atoms with E-state index in [1.807, 2.05) is 52.0 Å². The highest BCUT2D eigenvalue weighted by Crippen LogP contribution is 2.34. The van der Waals surface area contributed by atoms with Gasteiger partial charge in [0.2, 0.25) is 0 Å². The van der Waals surface area contributed by atoms with Crippen LogP contribution in [0.3, 0.4) is 0 Å². The highest BCUT2D eigenvalue weighted by atomic mass is 32.2. The van der Waals surface area contributed by atoms with Gasteiger partial charge in [-0.1, -0.05) is 62.4 Å². The van der Waals surface area contributed by atoms with Gasteiger partial charge in [0.15, 0.2) is 0 Å². The van der Waals surface area contributed by atoms with Crippen molar-refractivity contribution in [2.75, 3.05) is 13.1 Å². The Labute approximate surface area is 190 Å². The summed E-state index contributed by atoms with van der Waals surface area (Å²) in [5, 5.41) is 9.24. The number of carbonyl (C=O) groups excluding carboxylic acids is 1. The maximum absolute atomic E-state index is 13.0. The summed E-state index contributed by atoms with van der Waals surface area (Å²) in [6.07, 6.45) is 6.75. The highest BCUT2D eigenvalue weighted by Gasteiger charge is 2.37. The van der Waals surface area contributed by atoms with E-state index in [9.17, 15) is 18.3 Å². The van der Waals surface area contributed by atoms with E-state index >= 15 is 0 Å². The van der Waals surface area contributed by atoms with Crippen LogP contribution in [0.15, 0.2) is 66.0 Å². The monoisotopic (exact) mass is 461 g/mol. The molecule has 0 fully saturated rings. The average molecular weight is 462 g/mol. The van der Waals surface area contributed by atoms with Crippen LogP contribution in [0, 0.1) is 11.8 Å². The Kier molecular flexibility index (Phi) is 7.27. The predicted molar refractivity (Wildman–Crippen MR) is 122 cm³/mol. The molecule has 0 saturated carbocycles. The highest BCUT2D eigenvalue weighted by molar-refractivity contribution is 8.03. The number of benzene rings is 1. The van der Waals surface area contributed by atoms with E-state index in [0.717, 1.165) is 4.31 Å². The number of aliphatic hydroxyl groups excluding tert-OH is 1. The first kappa shape index (κ1) is 24.2. The fourth-order valence-corrected chi connectivity index (χ4v) is 4.94. The zero-order valence-corrected chi connectivity index (χ0v) is 19.7. The van der Waals surface area contributed by atoms with Gasteiger partial charge in [-0.15, -0.1) is 0 Å².